The first-order valence-corrected chi connectivity index (χ1v) is 19.3. The van der Waals surface area contributed by atoms with Gasteiger partial charge in [-0.2, -0.15) is 13.2 Å². The van der Waals surface area contributed by atoms with Crippen LogP contribution in [-0.2, 0) is 29.1 Å². The first kappa shape index (κ1) is 33.8. The zero-order valence-electron chi connectivity index (χ0n) is 28.3. The van der Waals surface area contributed by atoms with Crippen molar-refractivity contribution in [2.24, 2.45) is 17.3 Å². The van der Waals surface area contributed by atoms with Crippen molar-refractivity contribution in [2.75, 3.05) is 52.6 Å². The number of morpholine rings is 2. The minimum atomic E-state index is -4.99. The number of halogens is 3. The zero-order chi connectivity index (χ0) is 35.2. The number of methoxy groups -OCH3 is 1. The van der Waals surface area contributed by atoms with Gasteiger partial charge in [-0.05, 0) is 85.2 Å². The van der Waals surface area contributed by atoms with Gasteiger partial charge in [-0.3, -0.25) is 9.59 Å². The van der Waals surface area contributed by atoms with Gasteiger partial charge in [0.1, 0.15) is 5.76 Å². The molecule has 1 N–H and O–H groups in total. The van der Waals surface area contributed by atoms with Crippen LogP contribution in [0.3, 0.4) is 0 Å². The predicted molar refractivity (Wildman–Crippen MR) is 177 cm³/mol. The molecule has 3 unspecified atom stereocenters. The minimum absolute atomic E-state index is 0.0261. The molecule has 2 saturated carbocycles. The fourth-order valence-corrected chi connectivity index (χ4v) is 10.5. The van der Waals surface area contributed by atoms with E-state index in [1.165, 1.54) is 11.6 Å². The summed E-state index contributed by atoms with van der Waals surface area (Å²) in [7, 11) is -1.24. The number of carbonyl (C=O) groups excluding carboxylic acids is 2. The summed E-state index contributed by atoms with van der Waals surface area (Å²) in [5.41, 5.74) is 4.78. The summed E-state index contributed by atoms with van der Waals surface area (Å²) in [6.07, 6.45) is 10.7. The van der Waals surface area contributed by atoms with Gasteiger partial charge in [0.15, 0.2) is 5.75 Å². The lowest BCUT2D eigenvalue weighted by atomic mass is 9.78. The Kier molecular flexibility index (Phi) is 8.18. The number of alkyl halides is 3. The van der Waals surface area contributed by atoms with Gasteiger partial charge in [-0.15, -0.1) is 0 Å². The number of carbonyl (C=O) groups is 2. The fourth-order valence-electron chi connectivity index (χ4n) is 9.65. The van der Waals surface area contributed by atoms with Gasteiger partial charge in [-0.1, -0.05) is 25.3 Å². The molecule has 0 aromatic heterocycles. The summed E-state index contributed by atoms with van der Waals surface area (Å²) in [6.45, 7) is 2.95. The number of likely N-dealkylation sites (N-methyl/N-ethyl adjacent to an activating group) is 1. The normalized spacial score (nSPS) is 32.6. The molecule has 0 aromatic carbocycles. The van der Waals surface area contributed by atoms with Crippen LogP contribution in [0.15, 0.2) is 69.7 Å². The lowest BCUT2D eigenvalue weighted by Gasteiger charge is -2.46. The predicted octanol–water partition coefficient (Wildman–Crippen LogP) is 3.73. The highest BCUT2D eigenvalue weighted by Crippen LogP contribution is 2.65. The number of hydrogen-bond acceptors (Lipinski definition) is 8. The molecule has 8 aliphatic rings. The van der Waals surface area contributed by atoms with E-state index in [0.29, 0.717) is 32.5 Å². The van der Waals surface area contributed by atoms with Crippen molar-refractivity contribution in [3.63, 3.8) is 0 Å². The number of allylic oxidation sites excluding steroid dienone is 5. The highest BCUT2D eigenvalue weighted by molar-refractivity contribution is 7.90. The number of rotatable bonds is 6. The maximum Gasteiger partial charge on any atom is 0.404 e. The smallest absolute Gasteiger partial charge is 0.404 e. The Morgan fingerprint density at radius 3 is 2.48 bits per heavy atom. The highest BCUT2D eigenvalue weighted by atomic mass is 32.2. The lowest BCUT2D eigenvalue weighted by molar-refractivity contribution is -0.164. The molecule has 0 radical (unpaired) electrons. The van der Waals surface area contributed by atoms with E-state index >= 15 is 0 Å². The zero-order valence-corrected chi connectivity index (χ0v) is 29.1. The molecule has 0 aromatic rings. The SMILES string of the molecule is COC1=CCC2=C3C(C4CCCCC4)=C4C=CC(C(=O)NS(=O)(=O)CC(F)(F)F)=CC4N3CC3(C(=O)N4C[C@H]5CN(C)C[C@@H](C4)O5)CC3C2=C1. The number of amides is 2. The molecule has 0 spiro atoms. The second kappa shape index (κ2) is 12.1. The highest BCUT2D eigenvalue weighted by Gasteiger charge is 2.66. The van der Waals surface area contributed by atoms with E-state index in [2.05, 4.69) is 29.0 Å². The van der Waals surface area contributed by atoms with Crippen LogP contribution in [0.1, 0.15) is 44.9 Å². The molecular formula is C36H43F3N4O6S. The van der Waals surface area contributed by atoms with E-state index in [0.717, 1.165) is 73.4 Å². The molecule has 4 heterocycles. The first-order valence-electron chi connectivity index (χ1n) is 17.6. The topological polar surface area (TPSA) is 108 Å². The van der Waals surface area contributed by atoms with Gasteiger partial charge in [0.2, 0.25) is 15.9 Å². The van der Waals surface area contributed by atoms with Crippen molar-refractivity contribution in [3.05, 3.63) is 69.7 Å². The molecule has 270 valence electrons. The second-order valence-corrected chi connectivity index (χ2v) is 16.9. The summed E-state index contributed by atoms with van der Waals surface area (Å²) < 4.78 is 77.0. The third kappa shape index (κ3) is 5.94. The Hall–Kier alpha value is -3.36. The van der Waals surface area contributed by atoms with Gasteiger partial charge < -0.3 is 24.2 Å². The summed E-state index contributed by atoms with van der Waals surface area (Å²) in [5, 5.41) is 0. The van der Waals surface area contributed by atoms with E-state index in [-0.39, 0.29) is 35.5 Å². The Morgan fingerprint density at radius 2 is 1.80 bits per heavy atom. The number of ether oxygens (including phenoxy) is 2. The van der Waals surface area contributed by atoms with Crippen molar-refractivity contribution >= 4 is 21.8 Å². The van der Waals surface area contributed by atoms with Crippen LogP contribution in [0.5, 0.6) is 0 Å². The Labute approximate surface area is 290 Å². The molecule has 50 heavy (non-hydrogen) atoms. The Morgan fingerprint density at radius 1 is 1.08 bits per heavy atom. The summed E-state index contributed by atoms with van der Waals surface area (Å²) in [6, 6.07) is -0.485. The van der Waals surface area contributed by atoms with E-state index in [4.69, 9.17) is 9.47 Å². The van der Waals surface area contributed by atoms with Crippen LogP contribution in [0.4, 0.5) is 13.2 Å². The molecule has 4 aliphatic heterocycles. The molecule has 2 amide bonds. The van der Waals surface area contributed by atoms with Crippen LogP contribution in [0.2, 0.25) is 0 Å². The van der Waals surface area contributed by atoms with Gasteiger partial charge in [0.05, 0.1) is 30.8 Å². The summed E-state index contributed by atoms with van der Waals surface area (Å²) in [5.74, 6) is -2.16. The third-order valence-electron chi connectivity index (χ3n) is 11.7. The Bertz CT molecular complexity index is 1790. The van der Waals surface area contributed by atoms with Crippen molar-refractivity contribution in [3.8, 4) is 0 Å². The number of nitrogens with zero attached hydrogens (tertiary/aromatic N) is 3. The molecule has 4 fully saturated rings. The van der Waals surface area contributed by atoms with Crippen molar-refractivity contribution in [1.29, 1.82) is 0 Å². The summed E-state index contributed by atoms with van der Waals surface area (Å²) in [4.78, 5) is 34.6. The molecule has 2 saturated heterocycles. The van der Waals surface area contributed by atoms with Crippen molar-refractivity contribution in [1.82, 2.24) is 19.4 Å². The fraction of sp³-hybridized carbons (Fsp3) is 0.611. The molecule has 4 aliphatic carbocycles. The second-order valence-electron chi connectivity index (χ2n) is 15.2. The number of nitrogens with one attached hydrogen (secondary N) is 1. The number of sulfonamides is 1. The maximum atomic E-state index is 14.9. The van der Waals surface area contributed by atoms with Crippen molar-refractivity contribution < 1.29 is 40.7 Å². The lowest BCUT2D eigenvalue weighted by Crippen LogP contribution is -2.61. The van der Waals surface area contributed by atoms with Gasteiger partial charge >= 0.3 is 6.18 Å². The van der Waals surface area contributed by atoms with E-state index in [1.54, 1.807) is 17.9 Å². The number of hydrogen-bond donors (Lipinski definition) is 1. The molecule has 8 rings (SSSR count). The van der Waals surface area contributed by atoms with Gasteiger partial charge in [-0.25, -0.2) is 13.1 Å². The first-order chi connectivity index (χ1) is 23.7. The van der Waals surface area contributed by atoms with Crippen LogP contribution in [0, 0.1) is 17.3 Å². The van der Waals surface area contributed by atoms with E-state index in [9.17, 15) is 31.2 Å². The van der Waals surface area contributed by atoms with Crippen LogP contribution < -0.4 is 4.72 Å². The Balaban J connectivity index is 1.20. The van der Waals surface area contributed by atoms with E-state index < -0.39 is 39.3 Å². The molecule has 10 nitrogen and oxygen atoms in total. The molecular weight excluding hydrogens is 673 g/mol. The van der Waals surface area contributed by atoms with E-state index in [1.807, 2.05) is 11.0 Å². The average molecular weight is 717 g/mol. The monoisotopic (exact) mass is 716 g/mol. The minimum Gasteiger partial charge on any atom is -0.497 e. The quantitative estimate of drug-likeness (QED) is 0.444. The van der Waals surface area contributed by atoms with Crippen LogP contribution in [-0.4, -0.2) is 112 Å². The van der Waals surface area contributed by atoms with Gasteiger partial charge in [0.25, 0.3) is 5.91 Å². The third-order valence-corrected chi connectivity index (χ3v) is 12.9. The molecule has 14 heteroatoms. The van der Waals surface area contributed by atoms with Gasteiger partial charge in [0, 0.05) is 49.9 Å². The number of fused-ring (bicyclic) bond motifs is 8. The molecule has 5 atom stereocenters. The van der Waals surface area contributed by atoms with Crippen LogP contribution >= 0.6 is 0 Å². The largest absolute Gasteiger partial charge is 0.497 e. The van der Waals surface area contributed by atoms with Crippen molar-refractivity contribution in [2.45, 2.75) is 69.4 Å². The standard InChI is InChI=1S/C36H43F3N4O6S/c1-41-15-24-17-42(18-25(16-41)49-24)34(45)35-14-29(35)28-13-23(48-2)9-11-26(28)32-31(21-6-4-3-5-7-21)27-10-8-22(12-30(27)43(32)19-35)33(44)40-50(46,47)20-36(37,38)39/h8-10,12-13,21,24-25,29-30H,3-7,11,14-20H2,1-2H3,(H,40,44)/t24-,25+,29?,30?,35?. The average Bonchev–Trinajstić information content (AvgIpc) is 3.72. The molecule has 2 bridgehead atoms. The summed E-state index contributed by atoms with van der Waals surface area (Å²) >= 11 is 0. The maximum absolute atomic E-state index is 14.9. The van der Waals surface area contributed by atoms with Crippen LogP contribution in [0.25, 0.3) is 0 Å².